The van der Waals surface area contributed by atoms with Crippen LogP contribution in [0.25, 0.3) is 0 Å². The zero-order chi connectivity index (χ0) is 18.5. The van der Waals surface area contributed by atoms with Crippen molar-refractivity contribution in [1.29, 1.82) is 10.5 Å². The minimum atomic E-state index is 0.0942. The van der Waals surface area contributed by atoms with Gasteiger partial charge in [-0.2, -0.15) is 10.5 Å². The van der Waals surface area contributed by atoms with E-state index in [2.05, 4.69) is 48.2 Å². The largest absolute Gasteiger partial charge is 0.335 e. The number of thioether (sulfide) groups is 1. The number of allylic oxidation sites excluding steroid dienone is 7. The Labute approximate surface area is 163 Å². The van der Waals surface area contributed by atoms with Gasteiger partial charge in [0.2, 0.25) is 0 Å². The highest BCUT2D eigenvalue weighted by Gasteiger charge is 2.23. The molecule has 1 heterocycles. The fraction of sp³-hybridized carbons (Fsp3) is 0.238. The van der Waals surface area contributed by atoms with E-state index in [1.54, 1.807) is 17.8 Å². The number of nitriles is 2. The van der Waals surface area contributed by atoms with Crippen LogP contribution in [0.4, 0.5) is 5.69 Å². The maximum atomic E-state index is 8.96. The van der Waals surface area contributed by atoms with Gasteiger partial charge >= 0.3 is 0 Å². The fourth-order valence-corrected chi connectivity index (χ4v) is 4.56. The number of hydrogen-bond acceptors (Lipinski definition) is 4. The number of hydrogen-bond donors (Lipinski definition) is 0. The van der Waals surface area contributed by atoms with E-state index in [4.69, 9.17) is 22.1 Å². The van der Waals surface area contributed by atoms with Crippen molar-refractivity contribution >= 4 is 29.1 Å². The molecule has 0 atom stereocenters. The first kappa shape index (κ1) is 18.4. The number of fused-ring (bicyclic) bond motifs is 1. The van der Waals surface area contributed by atoms with Crippen LogP contribution in [-0.2, 0) is 0 Å². The third-order valence-electron chi connectivity index (χ3n) is 4.40. The average molecular weight is 380 g/mol. The molecule has 0 N–H and O–H groups in total. The average Bonchev–Trinajstić information content (AvgIpc) is 3.03. The maximum Gasteiger partial charge on any atom is 0.129 e. The first-order valence-corrected chi connectivity index (χ1v) is 9.73. The SMILES string of the molecule is CCN1/C(=C/C=C2\CCCC(C=C(C#N)C#N)=C2Cl)Sc2ccccc21. The third-order valence-corrected chi connectivity index (χ3v) is 6.01. The van der Waals surface area contributed by atoms with Crippen molar-refractivity contribution < 1.29 is 0 Å². The van der Waals surface area contributed by atoms with Crippen LogP contribution < -0.4 is 4.90 Å². The quantitative estimate of drug-likeness (QED) is 0.601. The number of nitrogens with zero attached hydrogens (tertiary/aromatic N) is 3. The van der Waals surface area contributed by atoms with Crippen LogP contribution in [0.3, 0.4) is 0 Å². The van der Waals surface area contributed by atoms with E-state index in [1.165, 1.54) is 15.6 Å². The molecule has 0 spiro atoms. The maximum absolute atomic E-state index is 8.96. The summed E-state index contributed by atoms with van der Waals surface area (Å²) in [6.45, 7) is 3.05. The van der Waals surface area contributed by atoms with Gasteiger partial charge in [0, 0.05) is 16.5 Å². The van der Waals surface area contributed by atoms with Crippen molar-refractivity contribution in [3.05, 3.63) is 69.3 Å². The lowest BCUT2D eigenvalue weighted by molar-refractivity contribution is 0.791. The van der Waals surface area contributed by atoms with E-state index in [0.29, 0.717) is 5.03 Å². The fourth-order valence-electron chi connectivity index (χ4n) is 3.13. The standard InChI is InChI=1S/C21H18ClN3S/c1-2-25-18-8-3-4-9-19(18)26-20(25)11-10-16-6-5-7-17(21(16)22)12-15(13-23)14-24/h3-4,8-12H,2,5-7H2,1H3/b16-10+,20-11-. The first-order chi connectivity index (χ1) is 12.7. The number of halogens is 1. The summed E-state index contributed by atoms with van der Waals surface area (Å²) >= 11 is 8.31. The van der Waals surface area contributed by atoms with Gasteiger partial charge in [-0.15, -0.1) is 0 Å². The molecular formula is C21H18ClN3S. The zero-order valence-electron chi connectivity index (χ0n) is 14.5. The normalized spacial score (nSPS) is 19.3. The Hall–Kier alpha value is -2.40. The highest BCUT2D eigenvalue weighted by atomic mass is 35.5. The molecule has 26 heavy (non-hydrogen) atoms. The number of benzene rings is 1. The summed E-state index contributed by atoms with van der Waals surface area (Å²) in [5, 5.41) is 19.8. The minimum absolute atomic E-state index is 0.0942. The van der Waals surface area contributed by atoms with Crippen molar-refractivity contribution in [2.45, 2.75) is 31.1 Å². The first-order valence-electron chi connectivity index (χ1n) is 8.54. The zero-order valence-corrected chi connectivity index (χ0v) is 16.1. The van der Waals surface area contributed by atoms with Gasteiger partial charge in [0.15, 0.2) is 0 Å². The molecule has 0 fully saturated rings. The van der Waals surface area contributed by atoms with Crippen LogP contribution in [0.2, 0.25) is 0 Å². The molecule has 0 amide bonds. The molecule has 0 unspecified atom stereocenters. The Bertz CT molecular complexity index is 909. The van der Waals surface area contributed by atoms with Crippen molar-refractivity contribution in [2.75, 3.05) is 11.4 Å². The Morgan fingerprint density at radius 3 is 2.73 bits per heavy atom. The Kier molecular flexibility index (Phi) is 5.89. The Morgan fingerprint density at radius 2 is 2.00 bits per heavy atom. The van der Waals surface area contributed by atoms with Crippen molar-refractivity contribution in [3.8, 4) is 12.1 Å². The molecule has 1 aliphatic heterocycles. The van der Waals surface area contributed by atoms with Crippen LogP contribution >= 0.6 is 23.4 Å². The molecule has 130 valence electrons. The van der Waals surface area contributed by atoms with Gasteiger partial charge in [-0.25, -0.2) is 0 Å². The molecule has 0 bridgehead atoms. The van der Waals surface area contributed by atoms with Crippen molar-refractivity contribution in [1.82, 2.24) is 0 Å². The third kappa shape index (κ3) is 3.73. The molecule has 1 aromatic rings. The molecular weight excluding hydrogens is 362 g/mol. The summed E-state index contributed by atoms with van der Waals surface area (Å²) in [5.41, 5.74) is 3.26. The van der Waals surface area contributed by atoms with Gasteiger partial charge in [-0.1, -0.05) is 41.6 Å². The molecule has 0 saturated heterocycles. The van der Waals surface area contributed by atoms with Gasteiger partial charge in [-0.05, 0) is 61.6 Å². The Balaban J connectivity index is 1.91. The lowest BCUT2D eigenvalue weighted by Gasteiger charge is -2.19. The van der Waals surface area contributed by atoms with E-state index in [-0.39, 0.29) is 5.57 Å². The van der Waals surface area contributed by atoms with Gasteiger partial charge in [0.1, 0.15) is 17.7 Å². The molecule has 0 radical (unpaired) electrons. The second-order valence-corrected chi connectivity index (χ2v) is 7.43. The molecule has 0 aromatic heterocycles. The summed E-state index contributed by atoms with van der Waals surface area (Å²) in [6, 6.07) is 12.2. The van der Waals surface area contributed by atoms with Crippen molar-refractivity contribution in [2.24, 2.45) is 0 Å². The van der Waals surface area contributed by atoms with Crippen LogP contribution in [0.15, 0.2) is 74.2 Å². The molecule has 3 rings (SSSR count). The monoisotopic (exact) mass is 379 g/mol. The predicted molar refractivity (Wildman–Crippen MR) is 108 cm³/mol. The topological polar surface area (TPSA) is 50.8 Å². The highest BCUT2D eigenvalue weighted by Crippen LogP contribution is 2.45. The summed E-state index contributed by atoms with van der Waals surface area (Å²) in [4.78, 5) is 3.56. The van der Waals surface area contributed by atoms with Gasteiger partial charge < -0.3 is 4.90 Å². The molecule has 2 aliphatic rings. The van der Waals surface area contributed by atoms with Crippen molar-refractivity contribution in [3.63, 3.8) is 0 Å². The van der Waals surface area contributed by atoms with Crippen LogP contribution in [-0.4, -0.2) is 6.54 Å². The summed E-state index contributed by atoms with van der Waals surface area (Å²) in [5.74, 6) is 0. The lowest BCUT2D eigenvalue weighted by atomic mass is 9.93. The predicted octanol–water partition coefficient (Wildman–Crippen LogP) is 6.04. The molecule has 3 nitrogen and oxygen atoms in total. The van der Waals surface area contributed by atoms with Crippen LogP contribution in [0.1, 0.15) is 26.2 Å². The molecule has 0 saturated carbocycles. The number of para-hydroxylation sites is 1. The second-order valence-electron chi connectivity index (χ2n) is 5.99. The van der Waals surface area contributed by atoms with Gasteiger partial charge in [0.05, 0.1) is 10.7 Å². The van der Waals surface area contributed by atoms with E-state index >= 15 is 0 Å². The highest BCUT2D eigenvalue weighted by molar-refractivity contribution is 8.03. The van der Waals surface area contributed by atoms with Gasteiger partial charge in [-0.3, -0.25) is 0 Å². The molecule has 1 aromatic carbocycles. The number of rotatable bonds is 3. The molecule has 1 aliphatic carbocycles. The van der Waals surface area contributed by atoms with E-state index < -0.39 is 0 Å². The van der Waals surface area contributed by atoms with E-state index in [0.717, 1.165) is 37.0 Å². The van der Waals surface area contributed by atoms with E-state index in [1.807, 2.05) is 12.1 Å². The molecule has 5 heteroatoms. The van der Waals surface area contributed by atoms with Crippen LogP contribution in [0, 0.1) is 22.7 Å². The summed E-state index contributed by atoms with van der Waals surface area (Å²) in [7, 11) is 0. The lowest BCUT2D eigenvalue weighted by Crippen LogP contribution is -2.16. The van der Waals surface area contributed by atoms with Gasteiger partial charge in [0.25, 0.3) is 0 Å². The number of anilines is 1. The van der Waals surface area contributed by atoms with E-state index in [9.17, 15) is 0 Å². The minimum Gasteiger partial charge on any atom is -0.335 e. The van der Waals surface area contributed by atoms with Crippen LogP contribution in [0.5, 0.6) is 0 Å². The Morgan fingerprint density at radius 1 is 1.23 bits per heavy atom. The summed E-state index contributed by atoms with van der Waals surface area (Å²) in [6.07, 6.45) is 8.46. The second kappa shape index (κ2) is 8.32. The smallest absolute Gasteiger partial charge is 0.129 e. The summed E-state index contributed by atoms with van der Waals surface area (Å²) < 4.78 is 0.